The average Bonchev–Trinajstić information content (AvgIpc) is 3.50. The van der Waals surface area contributed by atoms with Crippen molar-refractivity contribution in [2.45, 2.75) is 57.6 Å². The molecule has 0 spiro atoms. The van der Waals surface area contributed by atoms with Gasteiger partial charge in [-0.25, -0.2) is 9.37 Å². The van der Waals surface area contributed by atoms with Crippen LogP contribution in [0.1, 0.15) is 36.5 Å². The van der Waals surface area contributed by atoms with Crippen molar-refractivity contribution in [3.05, 3.63) is 35.9 Å². The Balaban J connectivity index is 1.50. The van der Waals surface area contributed by atoms with Crippen LogP contribution in [0.4, 0.5) is 4.39 Å². The van der Waals surface area contributed by atoms with Crippen molar-refractivity contribution < 1.29 is 23.4 Å². The number of carbonyl (C=O) groups is 1. The van der Waals surface area contributed by atoms with E-state index in [0.717, 1.165) is 47.5 Å². The number of amides is 1. The number of aryl methyl sites for hydroxylation is 1. The van der Waals surface area contributed by atoms with Gasteiger partial charge in [-0.1, -0.05) is 0 Å². The van der Waals surface area contributed by atoms with Gasteiger partial charge in [0.05, 0.1) is 38.1 Å². The second-order valence-electron chi connectivity index (χ2n) is 11.1. The second kappa shape index (κ2) is 10.9. The molecule has 1 aliphatic heterocycles. The lowest BCUT2D eigenvalue weighted by molar-refractivity contribution is -0.00392. The third kappa shape index (κ3) is 4.91. The fourth-order valence-corrected chi connectivity index (χ4v) is 6.31. The Morgan fingerprint density at radius 3 is 2.54 bits per heavy atom. The molecule has 6 rings (SSSR count). The summed E-state index contributed by atoms with van der Waals surface area (Å²) in [5.41, 5.74) is 9.62. The average molecular weight is 565 g/mol. The summed E-state index contributed by atoms with van der Waals surface area (Å²) in [4.78, 5) is 24.8. The van der Waals surface area contributed by atoms with E-state index in [2.05, 4.69) is 22.1 Å². The van der Waals surface area contributed by atoms with Crippen LogP contribution in [0.3, 0.4) is 0 Å². The smallest absolute Gasteiger partial charge is 0.254 e. The lowest BCUT2D eigenvalue weighted by Gasteiger charge is -2.35. The molecule has 41 heavy (non-hydrogen) atoms. The number of aromatic nitrogens is 4. The van der Waals surface area contributed by atoms with Crippen LogP contribution in [0.5, 0.6) is 11.6 Å². The van der Waals surface area contributed by atoms with Gasteiger partial charge in [-0.05, 0) is 56.4 Å². The quantitative estimate of drug-likeness (QED) is 0.344. The maximum absolute atomic E-state index is 14.3. The highest BCUT2D eigenvalue weighted by atomic mass is 19.1. The monoisotopic (exact) mass is 564 g/mol. The Bertz CT molecular complexity index is 1580. The largest absolute Gasteiger partial charge is 0.494 e. The molecule has 4 heterocycles. The summed E-state index contributed by atoms with van der Waals surface area (Å²) >= 11 is 0. The highest BCUT2D eigenvalue weighted by Gasteiger charge is 2.33. The predicted molar refractivity (Wildman–Crippen MR) is 154 cm³/mol. The van der Waals surface area contributed by atoms with Crippen LogP contribution in [0.2, 0.25) is 0 Å². The molecular weight excluding hydrogens is 527 g/mol. The molecule has 1 amide bonds. The highest BCUT2D eigenvalue weighted by Crippen LogP contribution is 2.39. The van der Waals surface area contributed by atoms with Crippen LogP contribution in [0, 0.1) is 5.92 Å². The van der Waals surface area contributed by atoms with Gasteiger partial charge in [0.1, 0.15) is 23.1 Å². The number of methoxy groups -OCH3 is 3. The zero-order chi connectivity index (χ0) is 28.8. The maximum Gasteiger partial charge on any atom is 0.254 e. The summed E-state index contributed by atoms with van der Waals surface area (Å²) in [5.74, 6) is 2.00. The molecule has 2 aliphatic rings. The minimum absolute atomic E-state index is 0.0298. The summed E-state index contributed by atoms with van der Waals surface area (Å²) in [6, 6.07) is 9.08. The Hall–Kier alpha value is -3.70. The lowest BCUT2D eigenvalue weighted by atomic mass is 9.82. The van der Waals surface area contributed by atoms with E-state index in [1.54, 1.807) is 33.5 Å². The zero-order valence-corrected chi connectivity index (χ0v) is 24.0. The molecule has 2 N–H and O–H groups in total. The highest BCUT2D eigenvalue weighted by molar-refractivity contribution is 6.00. The van der Waals surface area contributed by atoms with Crippen molar-refractivity contribution in [2.75, 3.05) is 34.4 Å². The van der Waals surface area contributed by atoms with E-state index >= 15 is 0 Å². The fraction of sp³-hybridized carbons (Fsp3) is 0.500. The summed E-state index contributed by atoms with van der Waals surface area (Å²) in [6.07, 6.45) is 1.31. The topological polar surface area (TPSA) is 110 Å². The van der Waals surface area contributed by atoms with Crippen LogP contribution in [0.15, 0.2) is 30.3 Å². The van der Waals surface area contributed by atoms with Crippen LogP contribution in [-0.2, 0) is 17.8 Å². The predicted octanol–water partition coefficient (Wildman–Crippen LogP) is 4.03. The molecule has 4 aromatic rings. The molecule has 0 radical (unpaired) electrons. The molecule has 0 bridgehead atoms. The third-order valence-electron chi connectivity index (χ3n) is 8.43. The summed E-state index contributed by atoms with van der Waals surface area (Å²) in [5, 5.41) is 0.981. The molecule has 3 aromatic heterocycles. The van der Waals surface area contributed by atoms with E-state index < -0.39 is 6.17 Å². The number of nitrogens with zero attached hydrogens (tertiary/aromatic N) is 5. The Morgan fingerprint density at radius 1 is 1.05 bits per heavy atom. The number of ether oxygens (including phenoxy) is 3. The van der Waals surface area contributed by atoms with Crippen LogP contribution in [0.25, 0.3) is 33.6 Å². The first kappa shape index (κ1) is 27.5. The molecule has 2 fully saturated rings. The number of piperidine rings is 1. The van der Waals surface area contributed by atoms with Gasteiger partial charge in [-0.15, -0.1) is 0 Å². The first-order valence-corrected chi connectivity index (χ1v) is 14.2. The van der Waals surface area contributed by atoms with Crippen LogP contribution >= 0.6 is 0 Å². The number of benzene rings is 1. The standard InChI is InChI=1S/C30H37FN6O4/c1-5-36-24(11-18-6-7-26(41-4)34-28(18)36)29-33-23-10-19(30(38)35-15-20(31)13-21(32)16-35)12-25(40-3)27(23)37(29)14-17-8-22(9-17)39-2/h6-7,10-12,17,20-22H,5,8-9,13-16,32H2,1-4H3/t17?,20-,21-,22?/m1/s1. The number of nitrogens with two attached hydrogens (primary N) is 1. The van der Waals surface area contributed by atoms with Crippen molar-refractivity contribution in [3.8, 4) is 23.1 Å². The first-order valence-electron chi connectivity index (χ1n) is 14.2. The zero-order valence-electron chi connectivity index (χ0n) is 24.0. The summed E-state index contributed by atoms with van der Waals surface area (Å²) in [7, 11) is 4.95. The second-order valence-corrected chi connectivity index (χ2v) is 11.1. The number of halogens is 1. The van der Waals surface area contributed by atoms with E-state index in [4.69, 9.17) is 29.9 Å². The summed E-state index contributed by atoms with van der Waals surface area (Å²) in [6.45, 7) is 3.82. The number of imidazole rings is 1. The molecule has 10 nitrogen and oxygen atoms in total. The third-order valence-corrected chi connectivity index (χ3v) is 8.43. The Morgan fingerprint density at radius 2 is 1.85 bits per heavy atom. The lowest BCUT2D eigenvalue weighted by Crippen LogP contribution is -2.50. The molecule has 1 saturated carbocycles. The summed E-state index contributed by atoms with van der Waals surface area (Å²) < 4.78 is 35.4. The molecule has 1 saturated heterocycles. The van der Waals surface area contributed by atoms with Gasteiger partial charge < -0.3 is 34.0 Å². The van der Waals surface area contributed by atoms with E-state index in [-0.39, 0.29) is 31.0 Å². The van der Waals surface area contributed by atoms with Crippen molar-refractivity contribution in [3.63, 3.8) is 0 Å². The van der Waals surface area contributed by atoms with Crippen LogP contribution < -0.4 is 15.2 Å². The normalized spacial score (nSPS) is 22.7. The minimum Gasteiger partial charge on any atom is -0.494 e. The maximum atomic E-state index is 14.3. The first-order chi connectivity index (χ1) is 19.8. The van der Waals surface area contributed by atoms with Crippen molar-refractivity contribution >= 4 is 28.0 Å². The van der Waals surface area contributed by atoms with Gasteiger partial charge >= 0.3 is 0 Å². The molecular formula is C30H37FN6O4. The van der Waals surface area contributed by atoms with E-state index in [1.807, 2.05) is 12.1 Å². The van der Waals surface area contributed by atoms with Gasteiger partial charge in [0.2, 0.25) is 5.88 Å². The number of pyridine rings is 1. The van der Waals surface area contributed by atoms with Crippen molar-refractivity contribution in [2.24, 2.45) is 11.7 Å². The van der Waals surface area contributed by atoms with Gasteiger partial charge in [-0.3, -0.25) is 4.79 Å². The molecule has 2 atom stereocenters. The Labute approximate surface area is 238 Å². The van der Waals surface area contributed by atoms with Crippen LogP contribution in [-0.4, -0.2) is 82.6 Å². The SMILES string of the molecule is CCn1c(-c2nc3cc(C(=O)N4C[C@H](N)C[C@@H](F)C4)cc(OC)c3n2CC2CC(OC)C2)cc2ccc(OC)nc21. The van der Waals surface area contributed by atoms with Crippen molar-refractivity contribution in [1.29, 1.82) is 0 Å². The number of fused-ring (bicyclic) bond motifs is 2. The van der Waals surface area contributed by atoms with Gasteiger partial charge in [0, 0.05) is 49.8 Å². The molecule has 1 aliphatic carbocycles. The number of rotatable bonds is 8. The Kier molecular flexibility index (Phi) is 7.33. The molecule has 1 aromatic carbocycles. The van der Waals surface area contributed by atoms with E-state index in [9.17, 15) is 9.18 Å². The van der Waals surface area contributed by atoms with Gasteiger partial charge in [-0.2, -0.15) is 4.98 Å². The minimum atomic E-state index is -1.14. The van der Waals surface area contributed by atoms with E-state index in [0.29, 0.717) is 41.7 Å². The van der Waals surface area contributed by atoms with Crippen molar-refractivity contribution in [1.82, 2.24) is 24.0 Å². The fourth-order valence-electron chi connectivity index (χ4n) is 6.31. The molecule has 11 heteroatoms. The number of alkyl halides is 1. The number of likely N-dealkylation sites (tertiary alicyclic amines) is 1. The number of carbonyl (C=O) groups excluding carboxylic acids is 1. The molecule has 0 unspecified atom stereocenters. The van der Waals surface area contributed by atoms with Gasteiger partial charge in [0.25, 0.3) is 5.91 Å². The number of hydrogen-bond donors (Lipinski definition) is 1. The molecule has 218 valence electrons. The van der Waals surface area contributed by atoms with Gasteiger partial charge in [0.15, 0.2) is 5.82 Å². The number of hydrogen-bond acceptors (Lipinski definition) is 7. The van der Waals surface area contributed by atoms with E-state index in [1.165, 1.54) is 4.90 Å².